The maximum absolute atomic E-state index is 12.8. The van der Waals surface area contributed by atoms with Gasteiger partial charge in [-0.05, 0) is 17.7 Å². The lowest BCUT2D eigenvalue weighted by molar-refractivity contribution is -0.140. The zero-order valence-corrected chi connectivity index (χ0v) is 11.3. The molecule has 1 aromatic carbocycles. The number of nitrogens with zero attached hydrogens (tertiary/aromatic N) is 2. The van der Waals surface area contributed by atoms with E-state index in [-0.39, 0.29) is 6.54 Å². The molecule has 0 atom stereocenters. The predicted octanol–water partition coefficient (Wildman–Crippen LogP) is 0.849. The normalized spacial score (nSPS) is 10.0. The molecule has 1 aromatic rings. The maximum Gasteiger partial charge on any atom is 0.323 e. The molecule has 0 heterocycles. The number of carboxylic acids is 2. The Bertz CT molecular complexity index is 516. The zero-order valence-electron chi connectivity index (χ0n) is 11.3. The average molecular weight is 298 g/mol. The number of carbonyl (C=O) groups is 3. The number of urea groups is 1. The van der Waals surface area contributed by atoms with E-state index in [4.69, 9.17) is 10.2 Å². The number of hydrogen-bond acceptors (Lipinski definition) is 3. The van der Waals surface area contributed by atoms with Crippen molar-refractivity contribution in [3.8, 4) is 0 Å². The highest BCUT2D eigenvalue weighted by molar-refractivity contribution is 5.84. The molecule has 8 heteroatoms. The lowest BCUT2D eigenvalue weighted by Crippen LogP contribution is -2.45. The highest BCUT2D eigenvalue weighted by Crippen LogP contribution is 2.07. The molecule has 0 aliphatic carbocycles. The zero-order chi connectivity index (χ0) is 16.0. The first kappa shape index (κ1) is 16.4. The molecule has 0 fully saturated rings. The minimum atomic E-state index is -1.31. The first-order valence-corrected chi connectivity index (χ1v) is 5.97. The fourth-order valence-corrected chi connectivity index (χ4v) is 1.69. The Balaban J connectivity index is 2.74. The molecule has 0 aliphatic heterocycles. The highest BCUT2D eigenvalue weighted by Gasteiger charge is 2.22. The van der Waals surface area contributed by atoms with Gasteiger partial charge in [0.25, 0.3) is 0 Å². The van der Waals surface area contributed by atoms with E-state index >= 15 is 0 Å². The van der Waals surface area contributed by atoms with Gasteiger partial charge in [-0.25, -0.2) is 9.18 Å². The molecule has 0 spiro atoms. The summed E-state index contributed by atoms with van der Waals surface area (Å²) in [5, 5.41) is 17.4. The first-order valence-electron chi connectivity index (χ1n) is 5.97. The van der Waals surface area contributed by atoms with Gasteiger partial charge in [0, 0.05) is 13.6 Å². The van der Waals surface area contributed by atoms with Gasteiger partial charge in [-0.2, -0.15) is 0 Å². The summed E-state index contributed by atoms with van der Waals surface area (Å²) < 4.78 is 12.8. The van der Waals surface area contributed by atoms with E-state index < -0.39 is 36.9 Å². The molecular formula is C13H15FN2O5. The summed E-state index contributed by atoms with van der Waals surface area (Å²) in [4.78, 5) is 35.2. The van der Waals surface area contributed by atoms with Gasteiger partial charge in [-0.15, -0.1) is 0 Å². The van der Waals surface area contributed by atoms with Gasteiger partial charge in [-0.1, -0.05) is 12.1 Å². The van der Waals surface area contributed by atoms with Gasteiger partial charge < -0.3 is 20.0 Å². The molecule has 0 saturated carbocycles. The molecule has 0 aromatic heterocycles. The third-order valence-corrected chi connectivity index (χ3v) is 2.58. The van der Waals surface area contributed by atoms with Crippen molar-refractivity contribution in [2.75, 3.05) is 20.1 Å². The number of rotatable bonds is 6. The standard InChI is InChI=1S/C13H15FN2O5/c1-15(6-9-2-4-10(14)5-3-9)13(21)16(7-11(17)18)8-12(19)20/h2-5H,6-8H2,1H3,(H,17,18)(H,19,20). The summed E-state index contributed by atoms with van der Waals surface area (Å²) in [6, 6.07) is 4.71. The molecular weight excluding hydrogens is 283 g/mol. The molecule has 0 radical (unpaired) electrons. The van der Waals surface area contributed by atoms with Crippen LogP contribution < -0.4 is 0 Å². The average Bonchev–Trinajstić information content (AvgIpc) is 2.38. The van der Waals surface area contributed by atoms with Crippen molar-refractivity contribution < 1.29 is 29.0 Å². The number of aliphatic carboxylic acids is 2. The molecule has 7 nitrogen and oxygen atoms in total. The van der Waals surface area contributed by atoms with Crippen LogP contribution in [-0.4, -0.2) is 58.1 Å². The van der Waals surface area contributed by atoms with Crippen LogP contribution in [-0.2, 0) is 16.1 Å². The number of benzene rings is 1. The van der Waals surface area contributed by atoms with Crippen LogP contribution in [0.1, 0.15) is 5.56 Å². The third-order valence-electron chi connectivity index (χ3n) is 2.58. The Morgan fingerprint density at radius 3 is 1.95 bits per heavy atom. The SMILES string of the molecule is CN(Cc1ccc(F)cc1)C(=O)N(CC(=O)O)CC(=O)O. The Hall–Kier alpha value is -2.64. The molecule has 2 amide bonds. The van der Waals surface area contributed by atoms with Crippen molar-refractivity contribution >= 4 is 18.0 Å². The van der Waals surface area contributed by atoms with Crippen LogP contribution in [0.25, 0.3) is 0 Å². The molecule has 0 unspecified atom stereocenters. The van der Waals surface area contributed by atoms with Crippen LogP contribution in [0.2, 0.25) is 0 Å². The number of halogens is 1. The summed E-state index contributed by atoms with van der Waals surface area (Å²) in [7, 11) is 1.41. The first-order chi connectivity index (χ1) is 9.79. The van der Waals surface area contributed by atoms with Gasteiger partial charge in [0.1, 0.15) is 18.9 Å². The van der Waals surface area contributed by atoms with E-state index in [9.17, 15) is 18.8 Å². The van der Waals surface area contributed by atoms with Gasteiger partial charge in [-0.3, -0.25) is 9.59 Å². The molecule has 0 aliphatic rings. The highest BCUT2D eigenvalue weighted by atomic mass is 19.1. The molecule has 0 bridgehead atoms. The summed E-state index contributed by atoms with van der Waals surface area (Å²) in [6.45, 7) is -1.31. The molecule has 1 rings (SSSR count). The second-order valence-electron chi connectivity index (χ2n) is 4.41. The number of carbonyl (C=O) groups excluding carboxylic acids is 1. The summed E-state index contributed by atoms with van der Waals surface area (Å²) in [6.07, 6.45) is 0. The second-order valence-corrected chi connectivity index (χ2v) is 4.41. The Labute approximate surface area is 120 Å². The van der Waals surface area contributed by atoms with Crippen molar-refractivity contribution in [3.05, 3.63) is 35.6 Å². The second kappa shape index (κ2) is 7.22. The van der Waals surface area contributed by atoms with Crippen molar-refractivity contribution in [3.63, 3.8) is 0 Å². The number of carboxylic acid groups (broad SMARTS) is 2. The van der Waals surface area contributed by atoms with Crippen LogP contribution >= 0.6 is 0 Å². The van der Waals surface area contributed by atoms with Crippen LogP contribution in [0.3, 0.4) is 0 Å². The minimum absolute atomic E-state index is 0.106. The monoisotopic (exact) mass is 298 g/mol. The molecule has 21 heavy (non-hydrogen) atoms. The van der Waals surface area contributed by atoms with Gasteiger partial charge in [0.05, 0.1) is 0 Å². The van der Waals surface area contributed by atoms with Crippen molar-refractivity contribution in [2.45, 2.75) is 6.54 Å². The third kappa shape index (κ3) is 5.47. The van der Waals surface area contributed by atoms with Crippen molar-refractivity contribution in [1.29, 1.82) is 0 Å². The molecule has 0 saturated heterocycles. The van der Waals surface area contributed by atoms with E-state index in [1.54, 1.807) is 0 Å². The Morgan fingerprint density at radius 1 is 1.05 bits per heavy atom. The van der Waals surface area contributed by atoms with E-state index in [2.05, 4.69) is 0 Å². The smallest absolute Gasteiger partial charge is 0.323 e. The lowest BCUT2D eigenvalue weighted by atomic mass is 10.2. The molecule has 114 valence electrons. The maximum atomic E-state index is 12.8. The van der Waals surface area contributed by atoms with Crippen LogP contribution in [0.15, 0.2) is 24.3 Å². The van der Waals surface area contributed by atoms with Crippen molar-refractivity contribution in [2.24, 2.45) is 0 Å². The van der Waals surface area contributed by atoms with Crippen LogP contribution in [0, 0.1) is 5.82 Å². The number of amides is 2. The van der Waals surface area contributed by atoms with Crippen molar-refractivity contribution in [1.82, 2.24) is 9.80 Å². The minimum Gasteiger partial charge on any atom is -0.480 e. The van der Waals surface area contributed by atoms with Crippen LogP contribution in [0.4, 0.5) is 9.18 Å². The fourth-order valence-electron chi connectivity index (χ4n) is 1.69. The van der Waals surface area contributed by atoms with Gasteiger partial charge in [0.2, 0.25) is 0 Å². The summed E-state index contributed by atoms with van der Waals surface area (Å²) in [5.41, 5.74) is 0.637. The van der Waals surface area contributed by atoms with Crippen LogP contribution in [0.5, 0.6) is 0 Å². The van der Waals surface area contributed by atoms with E-state index in [0.29, 0.717) is 10.5 Å². The van der Waals surface area contributed by atoms with E-state index in [1.807, 2.05) is 0 Å². The Kier molecular flexibility index (Phi) is 5.65. The largest absolute Gasteiger partial charge is 0.480 e. The topological polar surface area (TPSA) is 98.2 Å². The van der Waals surface area contributed by atoms with E-state index in [1.165, 1.54) is 36.2 Å². The predicted molar refractivity (Wildman–Crippen MR) is 70.1 cm³/mol. The van der Waals surface area contributed by atoms with Gasteiger partial charge >= 0.3 is 18.0 Å². The summed E-state index contributed by atoms with van der Waals surface area (Å²) >= 11 is 0. The van der Waals surface area contributed by atoms with E-state index in [0.717, 1.165) is 0 Å². The quantitative estimate of drug-likeness (QED) is 0.811. The lowest BCUT2D eigenvalue weighted by Gasteiger charge is -2.25. The molecule has 2 N–H and O–H groups in total. The van der Waals surface area contributed by atoms with Gasteiger partial charge in [0.15, 0.2) is 0 Å². The summed E-state index contributed by atoms with van der Waals surface area (Å²) in [5.74, 6) is -3.02. The Morgan fingerprint density at radius 2 is 1.52 bits per heavy atom. The number of hydrogen-bond donors (Lipinski definition) is 2. The fraction of sp³-hybridized carbons (Fsp3) is 0.308.